The highest BCUT2D eigenvalue weighted by Crippen LogP contribution is 2.19. The number of carbonyl (C=O) groups is 2. The molecule has 0 saturated carbocycles. The molecule has 1 N–H and O–H groups in total. The molecular formula is C10H19NO4Si. The molecule has 6 heteroatoms. The average Bonchev–Trinajstić information content (AvgIpc) is 1.97. The number of carboxylic acids is 1. The van der Waals surface area contributed by atoms with Gasteiger partial charge in [-0.15, -0.1) is 0 Å². The first kappa shape index (κ1) is 13.0. The van der Waals surface area contributed by atoms with Crippen LogP contribution in [0.3, 0.4) is 0 Å². The molecule has 1 amide bonds. The molecular weight excluding hydrogens is 226 g/mol. The lowest BCUT2D eigenvalue weighted by Crippen LogP contribution is -2.55. The minimum Gasteiger partial charge on any atom is -0.480 e. The summed E-state index contributed by atoms with van der Waals surface area (Å²) < 4.78 is 5.06. The summed E-state index contributed by atoms with van der Waals surface area (Å²) in [6.07, 6.45) is 0.0373. The number of likely N-dealkylation sites (tertiary alicyclic amines) is 1. The van der Waals surface area contributed by atoms with E-state index in [1.54, 1.807) is 0 Å². The number of hydrogen-bond acceptors (Lipinski definition) is 3. The molecule has 0 bridgehead atoms. The number of amides is 1. The fourth-order valence-electron chi connectivity index (χ4n) is 1.39. The van der Waals surface area contributed by atoms with E-state index in [1.807, 2.05) is 0 Å². The molecule has 0 radical (unpaired) electrons. The molecule has 0 aromatic heterocycles. The minimum atomic E-state index is -1.20. The molecule has 1 rings (SSSR count). The van der Waals surface area contributed by atoms with Crippen molar-refractivity contribution in [1.29, 1.82) is 0 Å². The summed E-state index contributed by atoms with van der Waals surface area (Å²) in [5.74, 6) is -0.951. The summed E-state index contributed by atoms with van der Waals surface area (Å²) in [5, 5.41) is 8.76. The first-order chi connectivity index (χ1) is 7.31. The van der Waals surface area contributed by atoms with Crippen molar-refractivity contribution in [2.45, 2.75) is 38.1 Å². The third-order valence-corrected chi connectivity index (χ3v) is 4.32. The maximum atomic E-state index is 11.5. The van der Waals surface area contributed by atoms with Gasteiger partial charge in [-0.05, 0) is 12.5 Å². The third kappa shape index (κ3) is 3.51. The summed E-state index contributed by atoms with van der Waals surface area (Å²) >= 11 is 0. The van der Waals surface area contributed by atoms with E-state index in [2.05, 4.69) is 19.6 Å². The van der Waals surface area contributed by atoms with Crippen molar-refractivity contribution in [2.24, 2.45) is 0 Å². The maximum absolute atomic E-state index is 11.5. The number of ether oxygens (including phenoxy) is 1. The van der Waals surface area contributed by atoms with Gasteiger partial charge in [0, 0.05) is 14.6 Å². The molecule has 0 spiro atoms. The summed E-state index contributed by atoms with van der Waals surface area (Å²) in [7, 11) is -1.20. The number of carboxylic acid groups (broad SMARTS) is 1. The zero-order valence-electron chi connectivity index (χ0n) is 10.0. The molecule has 1 unspecified atom stereocenters. The highest BCUT2D eigenvalue weighted by molar-refractivity contribution is 6.76. The summed E-state index contributed by atoms with van der Waals surface area (Å²) in [5.41, 5.74) is 0. The Morgan fingerprint density at radius 1 is 1.44 bits per heavy atom. The van der Waals surface area contributed by atoms with Crippen LogP contribution in [-0.4, -0.2) is 49.3 Å². The highest BCUT2D eigenvalue weighted by Gasteiger charge is 2.38. The van der Waals surface area contributed by atoms with Gasteiger partial charge in [-0.25, -0.2) is 9.59 Å². The Morgan fingerprint density at radius 2 is 2.06 bits per heavy atom. The van der Waals surface area contributed by atoms with Gasteiger partial charge in [0.2, 0.25) is 0 Å². The lowest BCUT2D eigenvalue weighted by atomic mass is 10.1. The van der Waals surface area contributed by atoms with Crippen LogP contribution in [0.4, 0.5) is 4.79 Å². The lowest BCUT2D eigenvalue weighted by Gasteiger charge is -2.36. The molecule has 0 aromatic carbocycles. The normalized spacial score (nSPS) is 20.2. The second-order valence-electron chi connectivity index (χ2n) is 5.26. The van der Waals surface area contributed by atoms with Crippen LogP contribution in [0.15, 0.2) is 0 Å². The Morgan fingerprint density at radius 3 is 2.44 bits per heavy atom. The van der Waals surface area contributed by atoms with Crippen molar-refractivity contribution in [2.75, 3.05) is 13.2 Å². The van der Waals surface area contributed by atoms with Gasteiger partial charge in [-0.1, -0.05) is 19.6 Å². The van der Waals surface area contributed by atoms with Gasteiger partial charge in [-0.3, -0.25) is 4.90 Å². The highest BCUT2D eigenvalue weighted by atomic mass is 28.3. The maximum Gasteiger partial charge on any atom is 0.410 e. The second-order valence-corrected chi connectivity index (χ2v) is 10.9. The summed E-state index contributed by atoms with van der Waals surface area (Å²) in [6, 6.07) is 0.226. The van der Waals surface area contributed by atoms with Crippen LogP contribution >= 0.6 is 0 Å². The smallest absolute Gasteiger partial charge is 0.410 e. The molecule has 1 fully saturated rings. The monoisotopic (exact) mass is 245 g/mol. The van der Waals surface area contributed by atoms with E-state index >= 15 is 0 Å². The van der Waals surface area contributed by atoms with Crippen LogP contribution in [0.2, 0.25) is 25.7 Å². The number of aliphatic carboxylic acids is 1. The van der Waals surface area contributed by atoms with Gasteiger partial charge >= 0.3 is 12.1 Å². The van der Waals surface area contributed by atoms with Crippen molar-refractivity contribution < 1.29 is 19.4 Å². The summed E-state index contributed by atoms with van der Waals surface area (Å²) in [6.45, 7) is 7.49. The molecule has 1 aliphatic heterocycles. The minimum absolute atomic E-state index is 0.400. The predicted molar refractivity (Wildman–Crippen MR) is 62.2 cm³/mol. The quantitative estimate of drug-likeness (QED) is 0.764. The Kier molecular flexibility index (Phi) is 3.96. The van der Waals surface area contributed by atoms with Crippen molar-refractivity contribution in [1.82, 2.24) is 4.90 Å². The Labute approximate surface area is 96.4 Å². The van der Waals surface area contributed by atoms with Crippen LogP contribution < -0.4 is 0 Å². The number of carbonyl (C=O) groups excluding carboxylic acids is 1. The molecule has 1 aliphatic rings. The standard InChI is InChI=1S/C10H19NO4Si/c1-16(2,3)7-6-15-10(14)11-5-4-8(11)9(12)13/h8H,4-7H2,1-3H3,(H,12,13). The van der Waals surface area contributed by atoms with E-state index in [4.69, 9.17) is 9.84 Å². The van der Waals surface area contributed by atoms with Gasteiger partial charge in [-0.2, -0.15) is 0 Å². The molecule has 92 valence electrons. The van der Waals surface area contributed by atoms with Gasteiger partial charge in [0.1, 0.15) is 6.04 Å². The second kappa shape index (κ2) is 4.86. The fourth-order valence-corrected chi connectivity index (χ4v) is 2.10. The Hall–Kier alpha value is -1.04. The van der Waals surface area contributed by atoms with Crippen molar-refractivity contribution in [3.63, 3.8) is 0 Å². The number of nitrogens with zero attached hydrogens (tertiary/aromatic N) is 1. The van der Waals surface area contributed by atoms with Crippen molar-refractivity contribution in [3.8, 4) is 0 Å². The molecule has 5 nitrogen and oxygen atoms in total. The molecule has 16 heavy (non-hydrogen) atoms. The predicted octanol–water partition coefficient (Wildman–Crippen LogP) is 1.62. The van der Waals surface area contributed by atoms with E-state index < -0.39 is 26.2 Å². The molecule has 0 aliphatic carbocycles. The average molecular weight is 245 g/mol. The molecule has 0 aromatic rings. The SMILES string of the molecule is C[Si](C)(C)CCOC(=O)N1CCC1C(=O)O. The van der Waals surface area contributed by atoms with E-state index in [0.29, 0.717) is 19.6 Å². The van der Waals surface area contributed by atoms with Gasteiger partial charge in [0.05, 0.1) is 6.61 Å². The van der Waals surface area contributed by atoms with E-state index in [9.17, 15) is 9.59 Å². The largest absolute Gasteiger partial charge is 0.480 e. The number of rotatable bonds is 4. The van der Waals surface area contributed by atoms with Crippen molar-refractivity contribution >= 4 is 20.1 Å². The van der Waals surface area contributed by atoms with Crippen LogP contribution in [0.1, 0.15) is 6.42 Å². The zero-order valence-corrected chi connectivity index (χ0v) is 11.0. The third-order valence-electron chi connectivity index (χ3n) is 2.62. The molecule has 1 heterocycles. The van der Waals surface area contributed by atoms with Crippen LogP contribution in [0, 0.1) is 0 Å². The van der Waals surface area contributed by atoms with E-state index in [0.717, 1.165) is 6.04 Å². The topological polar surface area (TPSA) is 66.8 Å². The first-order valence-corrected chi connectivity index (χ1v) is 9.18. The summed E-state index contributed by atoms with van der Waals surface area (Å²) in [4.78, 5) is 23.4. The van der Waals surface area contributed by atoms with Crippen molar-refractivity contribution in [3.05, 3.63) is 0 Å². The first-order valence-electron chi connectivity index (χ1n) is 5.47. The van der Waals surface area contributed by atoms with E-state index in [1.165, 1.54) is 4.90 Å². The van der Waals surface area contributed by atoms with Gasteiger partial charge in [0.25, 0.3) is 0 Å². The fraction of sp³-hybridized carbons (Fsp3) is 0.800. The van der Waals surface area contributed by atoms with Crippen LogP contribution in [-0.2, 0) is 9.53 Å². The molecule has 1 atom stereocenters. The Balaban J connectivity index is 2.28. The Bertz CT molecular complexity index is 287. The van der Waals surface area contributed by atoms with E-state index in [-0.39, 0.29) is 0 Å². The zero-order chi connectivity index (χ0) is 12.3. The lowest BCUT2D eigenvalue weighted by molar-refractivity contribution is -0.146. The van der Waals surface area contributed by atoms with Gasteiger partial charge in [0.15, 0.2) is 0 Å². The van der Waals surface area contributed by atoms with Gasteiger partial charge < -0.3 is 9.84 Å². The van der Waals surface area contributed by atoms with Crippen LogP contribution in [0.25, 0.3) is 0 Å². The van der Waals surface area contributed by atoms with Crippen LogP contribution in [0.5, 0.6) is 0 Å². The number of hydrogen-bond donors (Lipinski definition) is 1. The molecule has 1 saturated heterocycles.